The second kappa shape index (κ2) is 8.10. The van der Waals surface area contributed by atoms with E-state index in [0.29, 0.717) is 0 Å². The van der Waals surface area contributed by atoms with E-state index >= 15 is 0 Å². The van der Waals surface area contributed by atoms with Crippen molar-refractivity contribution in [3.63, 3.8) is 0 Å². The van der Waals surface area contributed by atoms with Crippen LogP contribution in [0.4, 0.5) is 0 Å². The highest BCUT2D eigenvalue weighted by atomic mass is 35.5. The van der Waals surface area contributed by atoms with Gasteiger partial charge in [0, 0.05) is 0 Å². The normalized spacial score (nSPS) is 14.5. The lowest BCUT2D eigenvalue weighted by Crippen LogP contribution is -2.50. The molecule has 0 bridgehead atoms. The maximum absolute atomic E-state index is 12.7. The average molecular weight is 425 g/mol. The van der Waals surface area contributed by atoms with Crippen molar-refractivity contribution in [2.75, 3.05) is 0 Å². The fourth-order valence-corrected chi connectivity index (χ4v) is 3.93. The van der Waals surface area contributed by atoms with Gasteiger partial charge in [-0.1, -0.05) is 106 Å². The van der Waals surface area contributed by atoms with Crippen molar-refractivity contribution in [3.8, 4) is 0 Å². The Morgan fingerprint density at radius 1 is 0.556 bits per heavy atom. The summed E-state index contributed by atoms with van der Waals surface area (Å²) < 4.78 is 8.80. The Kier molecular flexibility index (Phi) is 7.96. The summed E-state index contributed by atoms with van der Waals surface area (Å²) in [7, 11) is 0. The van der Waals surface area contributed by atoms with Gasteiger partial charge in [0.2, 0.25) is 0 Å². The van der Waals surface area contributed by atoms with Crippen molar-refractivity contribution < 1.29 is 19.1 Å². The maximum Gasteiger partial charge on any atom is 0.354 e. The third-order valence-electron chi connectivity index (χ3n) is 4.11. The van der Waals surface area contributed by atoms with Gasteiger partial charge in [-0.05, 0) is 21.7 Å². The van der Waals surface area contributed by atoms with E-state index < -0.39 is 28.5 Å². The zero-order valence-corrected chi connectivity index (χ0v) is 20.6. The molecule has 0 heterocycles. The Morgan fingerprint density at radius 3 is 0.889 bits per heavy atom. The Labute approximate surface area is 175 Å². The van der Waals surface area contributed by atoms with E-state index in [1.807, 2.05) is 83.1 Å². The summed E-state index contributed by atoms with van der Waals surface area (Å²) in [6, 6.07) is 0. The predicted octanol–water partition coefficient (Wildman–Crippen LogP) is 6.17. The molecule has 0 radical (unpaired) electrons. The molecule has 0 aliphatic rings. The summed E-state index contributed by atoms with van der Waals surface area (Å²) in [6.07, 6.45) is -0.994. The first-order valence-electron chi connectivity index (χ1n) is 9.32. The summed E-state index contributed by atoms with van der Waals surface area (Å²) in [6.45, 7) is 23.4. The van der Waals surface area contributed by atoms with E-state index in [1.165, 1.54) is 0 Å². The van der Waals surface area contributed by atoms with Crippen molar-refractivity contribution in [3.05, 3.63) is 0 Å². The summed E-state index contributed by atoms with van der Waals surface area (Å²) >= 11 is 12.3. The van der Waals surface area contributed by atoms with Crippen molar-refractivity contribution in [2.45, 2.75) is 99.6 Å². The molecule has 0 aromatic carbocycles. The fourth-order valence-electron chi connectivity index (χ4n) is 3.75. The zero-order valence-electron chi connectivity index (χ0n) is 19.0. The van der Waals surface area contributed by atoms with Gasteiger partial charge in [-0.15, -0.1) is 0 Å². The van der Waals surface area contributed by atoms with Crippen LogP contribution in [0.1, 0.15) is 83.1 Å². The first-order valence-corrected chi connectivity index (χ1v) is 10.1. The maximum atomic E-state index is 12.7. The average Bonchev–Trinajstić information content (AvgIpc) is 2.35. The number of ether oxygens (including phenoxy) is 2. The smallest absolute Gasteiger partial charge is 0.354 e. The number of hydrogen-bond donors (Lipinski definition) is 0. The molecule has 0 saturated heterocycles. The minimum Gasteiger partial charge on any atom is -0.459 e. The van der Waals surface area contributed by atoms with E-state index in [4.69, 9.17) is 32.7 Å². The van der Waals surface area contributed by atoms with Crippen LogP contribution in [0, 0.1) is 21.7 Å². The Morgan fingerprint density at radius 2 is 0.741 bits per heavy atom. The number of esters is 2. The number of carbonyl (C=O) groups is 2. The van der Waals surface area contributed by atoms with Gasteiger partial charge in [0.25, 0.3) is 0 Å². The molecule has 6 heteroatoms. The van der Waals surface area contributed by atoms with Gasteiger partial charge in [-0.3, -0.25) is 0 Å². The van der Waals surface area contributed by atoms with Gasteiger partial charge in [0.15, 0.2) is 0 Å². The van der Waals surface area contributed by atoms with Crippen molar-refractivity contribution in [1.82, 2.24) is 0 Å². The van der Waals surface area contributed by atoms with Crippen LogP contribution in [0.5, 0.6) is 0 Å². The molecule has 0 fully saturated rings. The fraction of sp³-hybridized carbons (Fsp3) is 0.905. The van der Waals surface area contributed by atoms with E-state index in [1.54, 1.807) is 0 Å². The van der Waals surface area contributed by atoms with Crippen LogP contribution >= 0.6 is 23.2 Å². The van der Waals surface area contributed by atoms with E-state index in [-0.39, 0.29) is 21.7 Å². The van der Waals surface area contributed by atoms with Crippen LogP contribution in [0.15, 0.2) is 0 Å². The second-order valence-electron chi connectivity index (χ2n) is 11.6. The van der Waals surface area contributed by atoms with E-state index in [2.05, 4.69) is 0 Å². The molecular weight excluding hydrogens is 387 g/mol. The number of halogens is 2. The molecule has 0 N–H and O–H groups in total. The number of hydrogen-bond acceptors (Lipinski definition) is 4. The molecule has 0 aliphatic carbocycles. The SMILES string of the molecule is CC(C)(C)C(OC(=O)C(Cl)(Cl)C(=O)OC(C(C)(C)C)C(C)(C)C)C(C)(C)C. The molecule has 0 aromatic heterocycles. The monoisotopic (exact) mass is 424 g/mol. The first kappa shape index (κ1) is 26.5. The van der Waals surface area contributed by atoms with Crippen molar-refractivity contribution in [2.24, 2.45) is 21.7 Å². The minimum atomic E-state index is -2.43. The van der Waals surface area contributed by atoms with Crippen LogP contribution in [0.3, 0.4) is 0 Å². The summed E-state index contributed by atoms with van der Waals surface area (Å²) in [5.74, 6) is -2.01. The predicted molar refractivity (Wildman–Crippen MR) is 112 cm³/mol. The molecule has 0 saturated carbocycles. The summed E-state index contributed by atoms with van der Waals surface area (Å²) in [5.41, 5.74) is -1.44. The molecular formula is C21H38Cl2O4. The summed E-state index contributed by atoms with van der Waals surface area (Å²) in [4.78, 5) is 25.4. The minimum absolute atomic E-state index is 0.360. The Hall–Kier alpha value is -0.480. The van der Waals surface area contributed by atoms with Gasteiger partial charge < -0.3 is 9.47 Å². The highest BCUT2D eigenvalue weighted by molar-refractivity contribution is 6.66. The van der Waals surface area contributed by atoms with Gasteiger partial charge in [0.1, 0.15) is 12.2 Å². The Balaban J connectivity index is 5.60. The third kappa shape index (κ3) is 7.45. The largest absolute Gasteiger partial charge is 0.459 e. The molecule has 4 nitrogen and oxygen atoms in total. The number of rotatable bonds is 4. The molecule has 0 atom stereocenters. The van der Waals surface area contributed by atoms with Crippen molar-refractivity contribution >= 4 is 35.1 Å². The molecule has 160 valence electrons. The molecule has 0 rings (SSSR count). The van der Waals surface area contributed by atoms with Gasteiger partial charge in [-0.2, -0.15) is 0 Å². The van der Waals surface area contributed by atoms with E-state index in [9.17, 15) is 9.59 Å². The standard InChI is InChI=1S/C21H38Cl2O4/c1-17(2,3)13(18(4,5)6)26-15(24)21(22,23)16(25)27-14(19(7,8)9)20(10,11)12/h13-14H,1-12H3. The lowest BCUT2D eigenvalue weighted by Gasteiger charge is -2.41. The zero-order chi connectivity index (χ0) is 22.2. The molecule has 0 aliphatic heterocycles. The highest BCUT2D eigenvalue weighted by Gasteiger charge is 2.51. The molecule has 27 heavy (non-hydrogen) atoms. The van der Waals surface area contributed by atoms with Crippen molar-refractivity contribution in [1.29, 1.82) is 0 Å². The highest BCUT2D eigenvalue weighted by Crippen LogP contribution is 2.40. The van der Waals surface area contributed by atoms with Gasteiger partial charge in [0.05, 0.1) is 0 Å². The Bertz CT molecular complexity index is 464. The lowest BCUT2D eigenvalue weighted by atomic mass is 9.74. The number of alkyl halides is 2. The lowest BCUT2D eigenvalue weighted by molar-refractivity contribution is -0.177. The van der Waals surface area contributed by atoms with E-state index in [0.717, 1.165) is 0 Å². The van der Waals surface area contributed by atoms with Crippen LogP contribution in [-0.4, -0.2) is 28.5 Å². The quantitative estimate of drug-likeness (QED) is 0.307. The topological polar surface area (TPSA) is 52.6 Å². The van der Waals surface area contributed by atoms with Gasteiger partial charge >= 0.3 is 16.3 Å². The molecule has 0 amide bonds. The van der Waals surface area contributed by atoms with Crippen LogP contribution in [0.2, 0.25) is 0 Å². The number of carbonyl (C=O) groups excluding carboxylic acids is 2. The van der Waals surface area contributed by atoms with Crippen LogP contribution in [-0.2, 0) is 19.1 Å². The molecule has 0 spiro atoms. The first-order chi connectivity index (χ1) is 11.5. The van der Waals surface area contributed by atoms with Crippen LogP contribution < -0.4 is 0 Å². The molecule has 0 aromatic rings. The van der Waals surface area contributed by atoms with Crippen LogP contribution in [0.25, 0.3) is 0 Å². The second-order valence-corrected chi connectivity index (χ2v) is 12.9. The molecule has 0 unspecified atom stereocenters. The summed E-state index contributed by atoms with van der Waals surface area (Å²) in [5, 5.41) is 0. The third-order valence-corrected chi connectivity index (χ3v) is 4.73. The van der Waals surface area contributed by atoms with Gasteiger partial charge in [-0.25, -0.2) is 9.59 Å².